The number of amides is 2. The van der Waals surface area contributed by atoms with E-state index in [2.05, 4.69) is 22.5 Å². The van der Waals surface area contributed by atoms with E-state index >= 15 is 0 Å². The Balaban J connectivity index is 1.90. The average Bonchev–Trinajstić information content (AvgIpc) is 3.09. The summed E-state index contributed by atoms with van der Waals surface area (Å²) >= 11 is 1.40. The van der Waals surface area contributed by atoms with Crippen LogP contribution < -0.4 is 16.0 Å². The summed E-state index contributed by atoms with van der Waals surface area (Å²) in [6.45, 7) is 5.78. The first-order valence-electron chi connectivity index (χ1n) is 7.20. The van der Waals surface area contributed by atoms with Gasteiger partial charge in [0.1, 0.15) is 6.04 Å². The Bertz CT molecular complexity index is 666. The van der Waals surface area contributed by atoms with Crippen LogP contribution in [0.3, 0.4) is 0 Å². The summed E-state index contributed by atoms with van der Waals surface area (Å²) < 4.78 is 0. The molecule has 0 unspecified atom stereocenters. The lowest BCUT2D eigenvalue weighted by Gasteiger charge is -2.15. The van der Waals surface area contributed by atoms with E-state index in [-0.39, 0.29) is 17.9 Å². The zero-order valence-corrected chi connectivity index (χ0v) is 13.7. The molecule has 2 amide bonds. The van der Waals surface area contributed by atoms with Gasteiger partial charge in [-0.2, -0.15) is 0 Å². The molecule has 5 nitrogen and oxygen atoms in total. The van der Waals surface area contributed by atoms with Crippen LogP contribution >= 0.6 is 11.3 Å². The number of carbonyl (C=O) groups is 2. The highest BCUT2D eigenvalue weighted by molar-refractivity contribution is 7.12. The molecule has 0 bridgehead atoms. The van der Waals surface area contributed by atoms with Crippen molar-refractivity contribution in [1.29, 1.82) is 0 Å². The van der Waals surface area contributed by atoms with Crippen molar-refractivity contribution in [2.24, 2.45) is 0 Å². The predicted octanol–water partition coefficient (Wildman–Crippen LogP) is 3.10. The predicted molar refractivity (Wildman–Crippen MR) is 95.0 cm³/mol. The van der Waals surface area contributed by atoms with Crippen molar-refractivity contribution in [3.8, 4) is 0 Å². The van der Waals surface area contributed by atoms with Gasteiger partial charge in [0.25, 0.3) is 5.91 Å². The molecule has 6 heteroatoms. The summed E-state index contributed by atoms with van der Waals surface area (Å²) in [6, 6.07) is 10.5. The van der Waals surface area contributed by atoms with Crippen molar-refractivity contribution >= 4 is 34.5 Å². The molecular formula is C17H19N3O2S. The Morgan fingerprint density at radius 1 is 1.22 bits per heavy atom. The molecule has 1 atom stereocenters. The molecule has 1 aromatic heterocycles. The van der Waals surface area contributed by atoms with Crippen molar-refractivity contribution in [1.82, 2.24) is 5.32 Å². The van der Waals surface area contributed by atoms with Crippen LogP contribution in [-0.2, 0) is 4.79 Å². The Kier molecular flexibility index (Phi) is 5.94. The lowest BCUT2D eigenvalue weighted by atomic mass is 10.2. The standard InChI is InChI=1S/C17H19N3O2S/c1-3-10-18-16(21)12(2)19-13-6-8-14(9-7-13)20-17(22)15-5-4-11-23-15/h3-9,11-12,19H,1,10H2,2H3,(H,18,21)(H,20,22)/t12-/m0/s1. The average molecular weight is 329 g/mol. The van der Waals surface area contributed by atoms with Gasteiger partial charge in [0.2, 0.25) is 5.91 Å². The van der Waals surface area contributed by atoms with E-state index in [9.17, 15) is 9.59 Å². The van der Waals surface area contributed by atoms with Gasteiger partial charge < -0.3 is 16.0 Å². The third-order valence-corrected chi connectivity index (χ3v) is 3.95. The molecule has 0 fully saturated rings. The van der Waals surface area contributed by atoms with Crippen LogP contribution in [0, 0.1) is 0 Å². The van der Waals surface area contributed by atoms with E-state index in [0.717, 1.165) is 5.69 Å². The molecule has 2 rings (SSSR count). The second-order valence-electron chi connectivity index (χ2n) is 4.91. The summed E-state index contributed by atoms with van der Waals surface area (Å²) in [5, 5.41) is 10.5. The fraction of sp³-hybridized carbons (Fsp3) is 0.176. The Hall–Kier alpha value is -2.60. The summed E-state index contributed by atoms with van der Waals surface area (Å²) in [5.74, 6) is -0.224. The smallest absolute Gasteiger partial charge is 0.265 e. The topological polar surface area (TPSA) is 70.2 Å². The maximum atomic E-state index is 12.0. The maximum absolute atomic E-state index is 12.0. The molecule has 0 saturated carbocycles. The number of hydrogen-bond donors (Lipinski definition) is 3. The van der Waals surface area contributed by atoms with Crippen molar-refractivity contribution in [3.63, 3.8) is 0 Å². The summed E-state index contributed by atoms with van der Waals surface area (Å²) in [5.41, 5.74) is 1.51. The van der Waals surface area contributed by atoms with Crippen LogP contribution in [-0.4, -0.2) is 24.4 Å². The fourth-order valence-corrected chi connectivity index (χ4v) is 2.51. The first-order valence-corrected chi connectivity index (χ1v) is 8.08. The highest BCUT2D eigenvalue weighted by Crippen LogP contribution is 2.17. The van der Waals surface area contributed by atoms with Gasteiger partial charge in [0.15, 0.2) is 0 Å². The van der Waals surface area contributed by atoms with Gasteiger partial charge in [-0.15, -0.1) is 17.9 Å². The van der Waals surface area contributed by atoms with Crippen molar-refractivity contribution in [3.05, 3.63) is 59.3 Å². The zero-order valence-electron chi connectivity index (χ0n) is 12.8. The minimum absolute atomic E-state index is 0.0972. The van der Waals surface area contributed by atoms with E-state index in [4.69, 9.17) is 0 Å². The lowest BCUT2D eigenvalue weighted by Crippen LogP contribution is -2.37. The molecule has 1 heterocycles. The molecule has 120 valence electrons. The summed E-state index contributed by atoms with van der Waals surface area (Å²) in [7, 11) is 0. The molecule has 2 aromatic rings. The fourth-order valence-electron chi connectivity index (χ4n) is 1.89. The molecule has 0 aliphatic rings. The van der Waals surface area contributed by atoms with Crippen LogP contribution in [0.4, 0.5) is 11.4 Å². The highest BCUT2D eigenvalue weighted by atomic mass is 32.1. The first-order chi connectivity index (χ1) is 11.1. The third-order valence-electron chi connectivity index (χ3n) is 3.08. The van der Waals surface area contributed by atoms with E-state index in [1.54, 1.807) is 31.2 Å². The number of nitrogens with one attached hydrogen (secondary N) is 3. The molecule has 0 spiro atoms. The number of anilines is 2. The van der Waals surface area contributed by atoms with Crippen LogP contribution in [0.15, 0.2) is 54.4 Å². The minimum atomic E-state index is -0.360. The van der Waals surface area contributed by atoms with Crippen molar-refractivity contribution in [2.45, 2.75) is 13.0 Å². The van der Waals surface area contributed by atoms with Crippen LogP contribution in [0.2, 0.25) is 0 Å². The molecule has 0 aliphatic carbocycles. The molecule has 23 heavy (non-hydrogen) atoms. The molecular weight excluding hydrogens is 310 g/mol. The van der Waals surface area contributed by atoms with Gasteiger partial charge >= 0.3 is 0 Å². The summed E-state index contributed by atoms with van der Waals surface area (Å²) in [4.78, 5) is 24.4. The monoisotopic (exact) mass is 329 g/mol. The first kappa shape index (κ1) is 16.8. The molecule has 0 saturated heterocycles. The van der Waals surface area contributed by atoms with E-state index in [0.29, 0.717) is 17.1 Å². The highest BCUT2D eigenvalue weighted by Gasteiger charge is 2.11. The lowest BCUT2D eigenvalue weighted by molar-refractivity contribution is -0.121. The van der Waals surface area contributed by atoms with Gasteiger partial charge in [-0.3, -0.25) is 9.59 Å². The van der Waals surface area contributed by atoms with Gasteiger partial charge in [0.05, 0.1) is 4.88 Å². The third kappa shape index (κ3) is 4.96. The van der Waals surface area contributed by atoms with Crippen LogP contribution in [0.5, 0.6) is 0 Å². The van der Waals surface area contributed by atoms with E-state index in [1.807, 2.05) is 23.6 Å². The number of thiophene rings is 1. The number of hydrogen-bond acceptors (Lipinski definition) is 4. The SMILES string of the molecule is C=CCNC(=O)[C@H](C)Nc1ccc(NC(=O)c2cccs2)cc1. The van der Waals surface area contributed by atoms with Gasteiger partial charge in [0, 0.05) is 17.9 Å². The number of rotatable bonds is 7. The minimum Gasteiger partial charge on any atom is -0.374 e. The molecule has 0 radical (unpaired) electrons. The molecule has 0 aliphatic heterocycles. The second kappa shape index (κ2) is 8.14. The van der Waals surface area contributed by atoms with Crippen LogP contribution in [0.25, 0.3) is 0 Å². The molecule has 3 N–H and O–H groups in total. The summed E-state index contributed by atoms with van der Waals surface area (Å²) in [6.07, 6.45) is 1.63. The van der Waals surface area contributed by atoms with Gasteiger partial charge in [-0.1, -0.05) is 12.1 Å². The number of benzene rings is 1. The largest absolute Gasteiger partial charge is 0.374 e. The van der Waals surface area contributed by atoms with E-state index < -0.39 is 0 Å². The number of carbonyl (C=O) groups excluding carboxylic acids is 2. The Morgan fingerprint density at radius 2 is 1.91 bits per heavy atom. The van der Waals surface area contributed by atoms with Gasteiger partial charge in [-0.25, -0.2) is 0 Å². The Labute approximate surface area is 139 Å². The molecule has 1 aromatic carbocycles. The van der Waals surface area contributed by atoms with E-state index in [1.165, 1.54) is 11.3 Å². The van der Waals surface area contributed by atoms with Crippen LogP contribution in [0.1, 0.15) is 16.6 Å². The normalized spacial score (nSPS) is 11.3. The van der Waals surface area contributed by atoms with Crippen molar-refractivity contribution < 1.29 is 9.59 Å². The maximum Gasteiger partial charge on any atom is 0.265 e. The van der Waals surface area contributed by atoms with Gasteiger partial charge in [-0.05, 0) is 42.6 Å². The second-order valence-corrected chi connectivity index (χ2v) is 5.86. The quantitative estimate of drug-likeness (QED) is 0.684. The van der Waals surface area contributed by atoms with Crippen molar-refractivity contribution in [2.75, 3.05) is 17.2 Å². The Morgan fingerprint density at radius 3 is 2.52 bits per heavy atom. The zero-order chi connectivity index (χ0) is 16.7.